The van der Waals surface area contributed by atoms with Gasteiger partial charge in [0.15, 0.2) is 23.0 Å². The molecule has 252 valence electrons. The SMILES string of the molecule is CCCOc1ccc2c(c1)OC(=O)C[C@@H]2c1ccc(O)c(OC)c1.CCCOc1ccc2c(c1)OC(=O)C[C@H]2c1ccc(O)c(OC)c1. The van der Waals surface area contributed by atoms with Gasteiger partial charge in [-0.1, -0.05) is 38.1 Å². The van der Waals surface area contributed by atoms with E-state index in [4.69, 9.17) is 28.4 Å². The minimum atomic E-state index is -0.285. The van der Waals surface area contributed by atoms with E-state index in [9.17, 15) is 19.8 Å². The Morgan fingerprint density at radius 2 is 1.04 bits per heavy atom. The highest BCUT2D eigenvalue weighted by molar-refractivity contribution is 5.79. The second kappa shape index (κ2) is 15.5. The molecule has 48 heavy (non-hydrogen) atoms. The molecular formula is C38H40O10. The maximum Gasteiger partial charge on any atom is 0.312 e. The minimum Gasteiger partial charge on any atom is -0.504 e. The van der Waals surface area contributed by atoms with Crippen molar-refractivity contribution in [2.24, 2.45) is 0 Å². The van der Waals surface area contributed by atoms with Gasteiger partial charge >= 0.3 is 11.9 Å². The molecule has 0 aliphatic carbocycles. The summed E-state index contributed by atoms with van der Waals surface area (Å²) in [5.74, 6) is 2.48. The number of phenols is 2. The van der Waals surface area contributed by atoms with Crippen molar-refractivity contribution in [3.8, 4) is 46.0 Å². The van der Waals surface area contributed by atoms with Crippen LogP contribution in [0.5, 0.6) is 46.0 Å². The van der Waals surface area contributed by atoms with Crippen LogP contribution in [0.2, 0.25) is 0 Å². The lowest BCUT2D eigenvalue weighted by atomic mass is 9.86. The molecule has 0 unspecified atom stereocenters. The molecule has 0 saturated heterocycles. The van der Waals surface area contributed by atoms with E-state index in [0.29, 0.717) is 47.7 Å². The summed E-state index contributed by atoms with van der Waals surface area (Å²) < 4.78 is 32.3. The van der Waals surface area contributed by atoms with Crippen molar-refractivity contribution in [2.75, 3.05) is 27.4 Å². The van der Waals surface area contributed by atoms with Gasteiger partial charge in [0.1, 0.15) is 23.0 Å². The van der Waals surface area contributed by atoms with Crippen LogP contribution >= 0.6 is 0 Å². The van der Waals surface area contributed by atoms with E-state index in [1.54, 1.807) is 48.5 Å². The van der Waals surface area contributed by atoms with Crippen LogP contribution in [0.1, 0.15) is 73.6 Å². The number of carbonyl (C=O) groups excluding carboxylic acids is 2. The average molecular weight is 657 g/mol. The van der Waals surface area contributed by atoms with Crippen molar-refractivity contribution in [3.05, 3.63) is 95.1 Å². The predicted molar refractivity (Wildman–Crippen MR) is 178 cm³/mol. The minimum absolute atomic E-state index is 0.0724. The number of esters is 2. The summed E-state index contributed by atoms with van der Waals surface area (Å²) in [7, 11) is 3.00. The number of carbonyl (C=O) groups is 2. The van der Waals surface area contributed by atoms with E-state index >= 15 is 0 Å². The second-order valence-corrected chi connectivity index (χ2v) is 11.4. The number of benzene rings is 4. The van der Waals surface area contributed by atoms with Gasteiger partial charge in [-0.2, -0.15) is 0 Å². The first kappa shape index (κ1) is 34.0. The molecule has 0 fully saturated rings. The third-order valence-electron chi connectivity index (χ3n) is 8.07. The topological polar surface area (TPSA) is 130 Å². The highest BCUT2D eigenvalue weighted by Crippen LogP contribution is 2.44. The first-order valence-corrected chi connectivity index (χ1v) is 15.9. The molecule has 2 heterocycles. The van der Waals surface area contributed by atoms with Crippen molar-refractivity contribution >= 4 is 11.9 Å². The summed E-state index contributed by atoms with van der Waals surface area (Å²) in [6.07, 6.45) is 2.31. The molecule has 0 spiro atoms. The molecule has 0 saturated carbocycles. The Morgan fingerprint density at radius 3 is 1.42 bits per heavy atom. The zero-order valence-electron chi connectivity index (χ0n) is 27.5. The number of hydrogen-bond acceptors (Lipinski definition) is 10. The maximum absolute atomic E-state index is 12.0. The fourth-order valence-electron chi connectivity index (χ4n) is 5.70. The lowest BCUT2D eigenvalue weighted by Gasteiger charge is -2.25. The van der Waals surface area contributed by atoms with Gasteiger partial charge in [-0.15, -0.1) is 0 Å². The van der Waals surface area contributed by atoms with Crippen LogP contribution < -0.4 is 28.4 Å². The van der Waals surface area contributed by atoms with E-state index in [0.717, 1.165) is 35.1 Å². The zero-order chi connectivity index (χ0) is 34.2. The number of fused-ring (bicyclic) bond motifs is 2. The molecule has 2 N–H and O–H groups in total. The Hall–Kier alpha value is -5.38. The molecule has 0 radical (unpaired) electrons. The van der Waals surface area contributed by atoms with Gasteiger partial charge in [0.05, 0.1) is 40.3 Å². The smallest absolute Gasteiger partial charge is 0.312 e. The maximum atomic E-state index is 12.0. The quantitative estimate of drug-likeness (QED) is 0.133. The van der Waals surface area contributed by atoms with Gasteiger partial charge in [0.25, 0.3) is 0 Å². The fraction of sp³-hybridized carbons (Fsp3) is 0.316. The summed E-state index contributed by atoms with van der Waals surface area (Å²) in [4.78, 5) is 24.0. The van der Waals surface area contributed by atoms with Crippen LogP contribution in [0.15, 0.2) is 72.8 Å². The summed E-state index contributed by atoms with van der Waals surface area (Å²) >= 11 is 0. The van der Waals surface area contributed by atoms with E-state index in [1.165, 1.54) is 14.2 Å². The summed E-state index contributed by atoms with van der Waals surface area (Å²) in [5.41, 5.74) is 3.63. The number of hydrogen-bond donors (Lipinski definition) is 2. The van der Waals surface area contributed by atoms with Gasteiger partial charge in [-0.3, -0.25) is 9.59 Å². The summed E-state index contributed by atoms with van der Waals surface area (Å²) in [6.45, 7) is 5.30. The van der Waals surface area contributed by atoms with Crippen molar-refractivity contribution in [1.82, 2.24) is 0 Å². The summed E-state index contributed by atoms with van der Waals surface area (Å²) in [6, 6.07) is 21.4. The Morgan fingerprint density at radius 1 is 0.625 bits per heavy atom. The Balaban J connectivity index is 0.000000188. The highest BCUT2D eigenvalue weighted by atomic mass is 16.5. The molecule has 2 aliphatic rings. The fourth-order valence-corrected chi connectivity index (χ4v) is 5.70. The van der Waals surface area contributed by atoms with E-state index < -0.39 is 0 Å². The molecule has 10 nitrogen and oxygen atoms in total. The van der Waals surface area contributed by atoms with Gasteiger partial charge in [0.2, 0.25) is 0 Å². The van der Waals surface area contributed by atoms with Crippen LogP contribution in [0.4, 0.5) is 0 Å². The van der Waals surface area contributed by atoms with E-state index in [-0.39, 0.29) is 48.1 Å². The van der Waals surface area contributed by atoms with Crippen molar-refractivity contribution in [1.29, 1.82) is 0 Å². The summed E-state index contributed by atoms with van der Waals surface area (Å²) in [5, 5.41) is 19.5. The van der Waals surface area contributed by atoms with Gasteiger partial charge in [0, 0.05) is 35.1 Å². The van der Waals surface area contributed by atoms with Crippen LogP contribution in [0, 0.1) is 0 Å². The average Bonchev–Trinajstić information content (AvgIpc) is 3.09. The molecule has 0 aromatic heterocycles. The Labute approximate surface area is 279 Å². The number of aromatic hydroxyl groups is 2. The number of rotatable bonds is 10. The van der Waals surface area contributed by atoms with Crippen molar-refractivity contribution in [2.45, 2.75) is 51.4 Å². The normalized spacial score (nSPS) is 16.2. The lowest BCUT2D eigenvalue weighted by molar-refractivity contribution is -0.136. The zero-order valence-corrected chi connectivity index (χ0v) is 27.5. The van der Waals surface area contributed by atoms with Crippen molar-refractivity contribution < 1.29 is 48.2 Å². The van der Waals surface area contributed by atoms with E-state index in [1.807, 2.05) is 38.1 Å². The second-order valence-electron chi connectivity index (χ2n) is 11.4. The molecule has 0 bridgehead atoms. The monoisotopic (exact) mass is 656 g/mol. The molecule has 4 aromatic rings. The Bertz CT molecular complexity index is 1640. The third-order valence-corrected chi connectivity index (χ3v) is 8.07. The van der Waals surface area contributed by atoms with E-state index in [2.05, 4.69) is 0 Å². The molecule has 2 atom stereocenters. The molecule has 6 rings (SSSR count). The standard InChI is InChI=1S/2C19H20O5/c2*1-3-8-23-13-5-6-14-15(11-19(21)24-17(14)10-13)12-4-7-16(20)18(9-12)22-2/h2*4-7,9-10,15,20H,3,8,11H2,1-2H3/t2*15-/m10/s1. The van der Waals surface area contributed by atoms with Crippen LogP contribution in [-0.2, 0) is 9.59 Å². The van der Waals surface area contributed by atoms with Crippen LogP contribution in [-0.4, -0.2) is 49.6 Å². The van der Waals surface area contributed by atoms with Gasteiger partial charge in [-0.25, -0.2) is 0 Å². The van der Waals surface area contributed by atoms with Gasteiger partial charge < -0.3 is 38.6 Å². The van der Waals surface area contributed by atoms with Gasteiger partial charge in [-0.05, 0) is 60.4 Å². The lowest BCUT2D eigenvalue weighted by Crippen LogP contribution is -2.21. The number of phenolic OH excluding ortho intramolecular Hbond substituents is 2. The Kier molecular flexibility index (Phi) is 10.9. The largest absolute Gasteiger partial charge is 0.504 e. The molecule has 0 amide bonds. The van der Waals surface area contributed by atoms with Crippen molar-refractivity contribution in [3.63, 3.8) is 0 Å². The first-order valence-electron chi connectivity index (χ1n) is 15.9. The molecular weight excluding hydrogens is 616 g/mol. The van der Waals surface area contributed by atoms with Crippen LogP contribution in [0.3, 0.4) is 0 Å². The molecule has 10 heteroatoms. The number of ether oxygens (including phenoxy) is 6. The number of methoxy groups -OCH3 is 2. The highest BCUT2D eigenvalue weighted by Gasteiger charge is 2.31. The third kappa shape index (κ3) is 7.76. The first-order chi connectivity index (χ1) is 23.2. The molecule has 2 aliphatic heterocycles. The predicted octanol–water partition coefficient (Wildman–Crippen LogP) is 7.26. The molecule has 4 aromatic carbocycles. The van der Waals surface area contributed by atoms with Crippen LogP contribution in [0.25, 0.3) is 0 Å².